The van der Waals surface area contributed by atoms with Gasteiger partial charge in [0.05, 0.1) is 18.3 Å². The molecule has 7 nitrogen and oxygen atoms in total. The molecular weight excluding hydrogens is 398 g/mol. The maximum atomic E-state index is 13.0. The Balaban J connectivity index is 2.00. The number of amides is 1. The van der Waals surface area contributed by atoms with Crippen LogP contribution in [0, 0.1) is 6.92 Å². The lowest BCUT2D eigenvalue weighted by Gasteiger charge is -2.23. The van der Waals surface area contributed by atoms with Gasteiger partial charge in [0.15, 0.2) is 0 Å². The molecule has 1 saturated heterocycles. The molecule has 3 rings (SSSR count). The number of carbonyl (C=O) groups is 2. The molecular formula is C24H29NO6. The number of hydrogen-bond acceptors (Lipinski definition) is 6. The summed E-state index contributed by atoms with van der Waals surface area (Å²) in [6, 6.07) is 9.51. The first-order chi connectivity index (χ1) is 14.8. The number of rotatable bonds is 9. The first-order valence-corrected chi connectivity index (χ1v) is 10.5. The number of furan rings is 1. The topological polar surface area (TPSA) is 89.2 Å². The maximum Gasteiger partial charge on any atom is 0.295 e. The summed E-state index contributed by atoms with van der Waals surface area (Å²) in [5.41, 5.74) is 0.415. The predicted octanol–water partition coefficient (Wildman–Crippen LogP) is 4.22. The third kappa shape index (κ3) is 4.99. The second kappa shape index (κ2) is 9.83. The Hall–Kier alpha value is -3.06. The molecule has 0 radical (unpaired) electrons. The number of Topliss-reactive ketones (excluding diaryl/α,β-unsaturated/α-hetero) is 1. The number of aliphatic hydroxyl groups is 1. The minimum Gasteiger partial charge on any atom is -0.507 e. The van der Waals surface area contributed by atoms with Gasteiger partial charge < -0.3 is 23.9 Å². The molecule has 1 aromatic heterocycles. The van der Waals surface area contributed by atoms with Gasteiger partial charge in [0.1, 0.15) is 29.1 Å². The van der Waals surface area contributed by atoms with E-state index in [2.05, 4.69) is 0 Å². The van der Waals surface area contributed by atoms with Gasteiger partial charge in [-0.3, -0.25) is 9.59 Å². The van der Waals surface area contributed by atoms with Crippen molar-refractivity contribution in [3.05, 3.63) is 59.1 Å². The Morgan fingerprint density at radius 2 is 2.00 bits per heavy atom. The van der Waals surface area contributed by atoms with Crippen LogP contribution >= 0.6 is 0 Å². The zero-order valence-corrected chi connectivity index (χ0v) is 18.4. The van der Waals surface area contributed by atoms with E-state index in [4.69, 9.17) is 13.9 Å². The van der Waals surface area contributed by atoms with Crippen molar-refractivity contribution >= 4 is 17.4 Å². The number of nitrogens with zero attached hydrogens (tertiary/aromatic N) is 1. The van der Waals surface area contributed by atoms with Gasteiger partial charge in [-0.15, -0.1) is 0 Å². The molecule has 0 saturated carbocycles. The maximum absolute atomic E-state index is 13.0. The third-order valence-corrected chi connectivity index (χ3v) is 4.98. The lowest BCUT2D eigenvalue weighted by Crippen LogP contribution is -2.31. The van der Waals surface area contributed by atoms with Crippen LogP contribution in [0.3, 0.4) is 0 Å². The van der Waals surface area contributed by atoms with E-state index in [0.29, 0.717) is 49.0 Å². The van der Waals surface area contributed by atoms with Crippen LogP contribution in [0.25, 0.3) is 5.76 Å². The highest BCUT2D eigenvalue weighted by atomic mass is 16.5. The van der Waals surface area contributed by atoms with Crippen molar-refractivity contribution in [2.24, 2.45) is 0 Å². The normalized spacial score (nSPS) is 18.2. The van der Waals surface area contributed by atoms with Crippen molar-refractivity contribution < 1.29 is 28.6 Å². The van der Waals surface area contributed by atoms with Crippen molar-refractivity contribution in [1.82, 2.24) is 4.90 Å². The van der Waals surface area contributed by atoms with Crippen LogP contribution < -0.4 is 4.74 Å². The van der Waals surface area contributed by atoms with Crippen molar-refractivity contribution in [2.75, 3.05) is 19.8 Å². The van der Waals surface area contributed by atoms with Crippen LogP contribution in [-0.4, -0.2) is 47.6 Å². The molecule has 0 bridgehead atoms. The predicted molar refractivity (Wildman–Crippen MR) is 116 cm³/mol. The van der Waals surface area contributed by atoms with Crippen molar-refractivity contribution in [3.8, 4) is 5.75 Å². The highest BCUT2D eigenvalue weighted by molar-refractivity contribution is 6.46. The van der Waals surface area contributed by atoms with Gasteiger partial charge in [0.25, 0.3) is 11.7 Å². The minimum absolute atomic E-state index is 0.0118. The zero-order valence-electron chi connectivity index (χ0n) is 18.4. The highest BCUT2D eigenvalue weighted by Gasteiger charge is 2.47. The molecule has 1 atom stereocenters. The fourth-order valence-corrected chi connectivity index (χ4v) is 3.62. The summed E-state index contributed by atoms with van der Waals surface area (Å²) in [7, 11) is 0. The second-order valence-corrected chi connectivity index (χ2v) is 7.67. The molecule has 1 N–H and O–H groups in total. The third-order valence-electron chi connectivity index (χ3n) is 4.98. The van der Waals surface area contributed by atoms with E-state index in [1.54, 1.807) is 43.3 Å². The number of hydrogen-bond donors (Lipinski definition) is 1. The smallest absolute Gasteiger partial charge is 0.295 e. The molecule has 166 valence electrons. The quantitative estimate of drug-likeness (QED) is 0.279. The van der Waals surface area contributed by atoms with E-state index in [1.165, 1.54) is 4.90 Å². The molecule has 1 aromatic carbocycles. The second-order valence-electron chi connectivity index (χ2n) is 7.67. The summed E-state index contributed by atoms with van der Waals surface area (Å²) in [4.78, 5) is 27.3. The standard InChI is InChI=1S/C24H29NO6/c1-5-29-18-9-6-8-17(14-18)22(26)20-21(19-11-10-16(4)31-19)25(24(28)23(20)27)12-7-13-30-15(2)3/h6,8-11,14-15,21,26H,5,7,12-13H2,1-4H3/b22-20-. The van der Waals surface area contributed by atoms with Crippen LogP contribution in [0.2, 0.25) is 0 Å². The molecule has 2 aromatic rings. The number of likely N-dealkylation sites (tertiary alicyclic amines) is 1. The molecule has 0 aliphatic carbocycles. The molecule has 0 spiro atoms. The lowest BCUT2D eigenvalue weighted by molar-refractivity contribution is -0.140. The number of aryl methyl sites for hydroxylation is 1. The van der Waals surface area contributed by atoms with E-state index in [-0.39, 0.29) is 17.4 Å². The largest absolute Gasteiger partial charge is 0.507 e. The fraction of sp³-hybridized carbons (Fsp3) is 0.417. The number of aliphatic hydroxyl groups excluding tert-OH is 1. The first-order valence-electron chi connectivity index (χ1n) is 10.5. The monoisotopic (exact) mass is 427 g/mol. The number of ether oxygens (including phenoxy) is 2. The summed E-state index contributed by atoms with van der Waals surface area (Å²) in [6.07, 6.45) is 0.637. The Bertz CT molecular complexity index is 974. The number of carbonyl (C=O) groups excluding carboxylic acids is 2. The van der Waals surface area contributed by atoms with Crippen molar-refractivity contribution in [2.45, 2.75) is 46.3 Å². The van der Waals surface area contributed by atoms with E-state index in [0.717, 1.165) is 0 Å². The Morgan fingerprint density at radius 3 is 2.65 bits per heavy atom. The van der Waals surface area contributed by atoms with Crippen molar-refractivity contribution in [1.29, 1.82) is 0 Å². The van der Waals surface area contributed by atoms with Gasteiger partial charge in [0.2, 0.25) is 0 Å². The van der Waals surface area contributed by atoms with Gasteiger partial charge >= 0.3 is 0 Å². The summed E-state index contributed by atoms with van der Waals surface area (Å²) in [6.45, 7) is 8.76. The molecule has 1 unspecified atom stereocenters. The van der Waals surface area contributed by atoms with Crippen LogP contribution in [0.1, 0.15) is 50.3 Å². The number of benzene rings is 1. The summed E-state index contributed by atoms with van der Waals surface area (Å²) in [5.74, 6) is 0.0113. The van der Waals surface area contributed by atoms with Gasteiger partial charge in [-0.1, -0.05) is 12.1 Å². The van der Waals surface area contributed by atoms with Gasteiger partial charge in [-0.2, -0.15) is 0 Å². The summed E-state index contributed by atoms with van der Waals surface area (Å²) in [5, 5.41) is 11.1. The molecule has 1 aliphatic rings. The van der Waals surface area contributed by atoms with Crippen LogP contribution in [0.5, 0.6) is 5.75 Å². The Labute approximate surface area is 182 Å². The van der Waals surface area contributed by atoms with Gasteiger partial charge in [-0.05, 0) is 58.4 Å². The highest BCUT2D eigenvalue weighted by Crippen LogP contribution is 2.40. The van der Waals surface area contributed by atoms with Crippen LogP contribution in [0.4, 0.5) is 0 Å². The first kappa shape index (κ1) is 22.6. The average Bonchev–Trinajstić information content (AvgIpc) is 3.27. The lowest BCUT2D eigenvalue weighted by atomic mass is 9.99. The molecule has 1 aliphatic heterocycles. The van der Waals surface area contributed by atoms with E-state index in [1.807, 2.05) is 20.8 Å². The molecule has 7 heteroatoms. The summed E-state index contributed by atoms with van der Waals surface area (Å²) < 4.78 is 16.8. The summed E-state index contributed by atoms with van der Waals surface area (Å²) >= 11 is 0. The van der Waals surface area contributed by atoms with Crippen LogP contribution in [-0.2, 0) is 14.3 Å². The molecule has 2 heterocycles. The van der Waals surface area contributed by atoms with Gasteiger partial charge in [0, 0.05) is 18.7 Å². The van der Waals surface area contributed by atoms with E-state index >= 15 is 0 Å². The Kier molecular flexibility index (Phi) is 7.17. The fourth-order valence-electron chi connectivity index (χ4n) is 3.62. The zero-order chi connectivity index (χ0) is 22.5. The van der Waals surface area contributed by atoms with Crippen LogP contribution in [0.15, 0.2) is 46.4 Å². The molecule has 1 amide bonds. The average molecular weight is 427 g/mol. The SMILES string of the molecule is CCOc1cccc(/C(O)=C2/C(=O)C(=O)N(CCCOC(C)C)C2c2ccc(C)o2)c1. The molecule has 31 heavy (non-hydrogen) atoms. The van der Waals surface area contributed by atoms with E-state index in [9.17, 15) is 14.7 Å². The number of ketones is 1. The Morgan fingerprint density at radius 1 is 1.23 bits per heavy atom. The van der Waals surface area contributed by atoms with E-state index < -0.39 is 17.7 Å². The van der Waals surface area contributed by atoms with Crippen molar-refractivity contribution in [3.63, 3.8) is 0 Å². The molecule has 1 fully saturated rings. The van der Waals surface area contributed by atoms with Gasteiger partial charge in [-0.25, -0.2) is 0 Å². The minimum atomic E-state index is -0.802.